The highest BCUT2D eigenvalue weighted by Gasteiger charge is 2.27. The lowest BCUT2D eigenvalue weighted by molar-refractivity contribution is 0.0879. The molecule has 0 spiro atoms. The largest absolute Gasteiger partial charge is 0.463 e. The normalized spacial score (nSPS) is 12.0. The molecule has 152 valence electrons. The molecule has 29 heavy (non-hydrogen) atoms. The van der Waals surface area contributed by atoms with Gasteiger partial charge in [0, 0.05) is 32.0 Å². The Bertz CT molecular complexity index is 967. The Labute approximate surface area is 172 Å². The van der Waals surface area contributed by atoms with Crippen molar-refractivity contribution in [2.24, 2.45) is 5.92 Å². The van der Waals surface area contributed by atoms with Crippen LogP contribution in [0.3, 0.4) is 0 Å². The average Bonchev–Trinajstić information content (AvgIpc) is 3.38. The van der Waals surface area contributed by atoms with Gasteiger partial charge in [0.2, 0.25) is 0 Å². The Morgan fingerprint density at radius 1 is 1.31 bits per heavy atom. The topological polar surface area (TPSA) is 107 Å². The highest BCUT2D eigenvalue weighted by atomic mass is 32.1. The molecule has 0 saturated carbocycles. The van der Waals surface area contributed by atoms with Gasteiger partial charge in [-0.05, 0) is 31.9 Å². The molecule has 0 aliphatic carbocycles. The molecule has 1 unspecified atom stereocenters. The van der Waals surface area contributed by atoms with E-state index in [1.165, 1.54) is 18.7 Å². The number of ether oxygens (including phenoxy) is 1. The molecule has 1 N–H and O–H groups in total. The fourth-order valence-corrected chi connectivity index (χ4v) is 3.75. The van der Waals surface area contributed by atoms with E-state index in [4.69, 9.17) is 9.15 Å². The van der Waals surface area contributed by atoms with Crippen molar-refractivity contribution in [3.05, 3.63) is 47.1 Å². The van der Waals surface area contributed by atoms with Crippen LogP contribution in [-0.2, 0) is 4.74 Å². The lowest BCUT2D eigenvalue weighted by Crippen LogP contribution is -2.15. The Morgan fingerprint density at radius 2 is 2.07 bits per heavy atom. The van der Waals surface area contributed by atoms with Gasteiger partial charge in [0.15, 0.2) is 16.7 Å². The fourth-order valence-electron chi connectivity index (χ4n) is 2.77. The molecule has 0 aliphatic heterocycles. The predicted molar refractivity (Wildman–Crippen MR) is 109 cm³/mol. The van der Waals surface area contributed by atoms with Gasteiger partial charge in [0.1, 0.15) is 16.4 Å². The van der Waals surface area contributed by atoms with Crippen molar-refractivity contribution in [2.45, 2.75) is 26.7 Å². The van der Waals surface area contributed by atoms with Gasteiger partial charge in [0.25, 0.3) is 5.91 Å². The summed E-state index contributed by atoms with van der Waals surface area (Å²) in [5.74, 6) is 0.428. The zero-order chi connectivity index (χ0) is 20.8. The molecule has 0 radical (unpaired) electrons. The van der Waals surface area contributed by atoms with E-state index in [0.29, 0.717) is 52.3 Å². The second-order valence-corrected chi connectivity index (χ2v) is 7.40. The van der Waals surface area contributed by atoms with Crippen molar-refractivity contribution in [1.29, 1.82) is 0 Å². The zero-order valence-corrected chi connectivity index (χ0v) is 17.3. The van der Waals surface area contributed by atoms with Crippen LogP contribution in [0.5, 0.6) is 0 Å². The number of carbonyl (C=O) groups is 2. The summed E-state index contributed by atoms with van der Waals surface area (Å²) in [5.41, 5.74) is 0.737. The van der Waals surface area contributed by atoms with Crippen LogP contribution in [0.15, 0.2) is 35.2 Å². The number of amides is 1. The summed E-state index contributed by atoms with van der Waals surface area (Å²) in [6.07, 6.45) is 5.71. The molecule has 1 atom stereocenters. The standard InChI is InChI=1S/C20H22N4O4S/c1-4-13(7-9-27-3)17(25)18-16(15-6-5-8-28-15)23-20(29-18)24-19(26)14-10-21-12(2)22-11-14/h5-6,8,10-11,13H,4,7,9H2,1-3H3,(H,23,24,26). The monoisotopic (exact) mass is 414 g/mol. The number of hydrogen-bond donors (Lipinski definition) is 1. The van der Waals surface area contributed by atoms with Gasteiger partial charge in [-0.1, -0.05) is 18.3 Å². The molecule has 1 amide bonds. The second kappa shape index (κ2) is 9.53. The van der Waals surface area contributed by atoms with Crippen molar-refractivity contribution < 1.29 is 18.7 Å². The SMILES string of the molecule is CCC(CCOC)C(=O)c1sc(NC(=O)c2cnc(C)nc2)nc1-c1ccco1. The summed E-state index contributed by atoms with van der Waals surface area (Å²) >= 11 is 1.13. The van der Waals surface area contributed by atoms with Crippen LogP contribution in [0, 0.1) is 12.8 Å². The summed E-state index contributed by atoms with van der Waals surface area (Å²) < 4.78 is 10.6. The number of thiazole rings is 1. The first-order chi connectivity index (χ1) is 14.0. The van der Waals surface area contributed by atoms with Gasteiger partial charge < -0.3 is 9.15 Å². The van der Waals surface area contributed by atoms with Crippen molar-refractivity contribution >= 4 is 28.2 Å². The third-order valence-corrected chi connectivity index (χ3v) is 5.39. The molecule has 9 heteroatoms. The maximum absolute atomic E-state index is 13.1. The molecule has 0 aliphatic rings. The minimum absolute atomic E-state index is 0.0346. The van der Waals surface area contributed by atoms with E-state index < -0.39 is 5.91 Å². The van der Waals surface area contributed by atoms with E-state index in [-0.39, 0.29) is 11.7 Å². The Balaban J connectivity index is 1.89. The van der Waals surface area contributed by atoms with Crippen LogP contribution >= 0.6 is 11.3 Å². The smallest absolute Gasteiger partial charge is 0.260 e. The number of anilines is 1. The number of aryl methyl sites for hydroxylation is 1. The quantitative estimate of drug-likeness (QED) is 0.527. The molecule has 3 aromatic rings. The number of rotatable bonds is 9. The molecule has 0 aromatic carbocycles. The van der Waals surface area contributed by atoms with Gasteiger partial charge >= 0.3 is 0 Å². The van der Waals surface area contributed by atoms with Gasteiger partial charge in [-0.25, -0.2) is 15.0 Å². The minimum Gasteiger partial charge on any atom is -0.463 e. The summed E-state index contributed by atoms with van der Waals surface area (Å²) in [6.45, 7) is 4.20. The Kier molecular flexibility index (Phi) is 6.84. The zero-order valence-electron chi connectivity index (χ0n) is 16.5. The summed E-state index contributed by atoms with van der Waals surface area (Å²) in [4.78, 5) is 38.6. The number of methoxy groups -OCH3 is 1. The summed E-state index contributed by atoms with van der Waals surface area (Å²) in [6, 6.07) is 3.47. The van der Waals surface area contributed by atoms with E-state index >= 15 is 0 Å². The van der Waals surface area contributed by atoms with Crippen LogP contribution in [0.1, 0.15) is 45.6 Å². The van der Waals surface area contributed by atoms with E-state index in [1.54, 1.807) is 26.2 Å². The molecule has 3 rings (SSSR count). The van der Waals surface area contributed by atoms with Crippen LogP contribution in [-0.4, -0.2) is 40.4 Å². The Hall–Kier alpha value is -2.91. The molecular weight excluding hydrogens is 392 g/mol. The van der Waals surface area contributed by atoms with Crippen LogP contribution < -0.4 is 5.32 Å². The predicted octanol–water partition coefficient (Wildman–Crippen LogP) is 4.00. The van der Waals surface area contributed by atoms with E-state index in [2.05, 4.69) is 20.3 Å². The van der Waals surface area contributed by atoms with Crippen LogP contribution in [0.4, 0.5) is 5.13 Å². The van der Waals surface area contributed by atoms with Crippen molar-refractivity contribution in [2.75, 3.05) is 19.0 Å². The van der Waals surface area contributed by atoms with E-state index in [1.807, 2.05) is 6.92 Å². The number of furan rings is 1. The first-order valence-electron chi connectivity index (χ1n) is 9.21. The number of ketones is 1. The fraction of sp³-hybridized carbons (Fsp3) is 0.350. The molecule has 8 nitrogen and oxygen atoms in total. The summed E-state index contributed by atoms with van der Waals surface area (Å²) in [5, 5.41) is 3.04. The number of Topliss-reactive ketones (excluding diaryl/α,β-unsaturated/α-hetero) is 1. The first kappa shape index (κ1) is 20.8. The minimum atomic E-state index is -0.393. The number of nitrogens with zero attached hydrogens (tertiary/aromatic N) is 3. The van der Waals surface area contributed by atoms with Crippen LogP contribution in [0.25, 0.3) is 11.5 Å². The lowest BCUT2D eigenvalue weighted by atomic mass is 9.95. The van der Waals surface area contributed by atoms with Crippen LogP contribution in [0.2, 0.25) is 0 Å². The molecule has 0 saturated heterocycles. The first-order valence-corrected chi connectivity index (χ1v) is 10.0. The number of carbonyl (C=O) groups excluding carboxylic acids is 2. The van der Waals surface area contributed by atoms with Gasteiger partial charge in [-0.3, -0.25) is 14.9 Å². The van der Waals surface area contributed by atoms with E-state index in [9.17, 15) is 9.59 Å². The molecule has 0 fully saturated rings. The van der Waals surface area contributed by atoms with Crippen molar-refractivity contribution in [3.8, 4) is 11.5 Å². The average molecular weight is 414 g/mol. The number of nitrogens with one attached hydrogen (secondary N) is 1. The lowest BCUT2D eigenvalue weighted by Gasteiger charge is -2.12. The highest BCUT2D eigenvalue weighted by Crippen LogP contribution is 2.34. The highest BCUT2D eigenvalue weighted by molar-refractivity contribution is 7.18. The van der Waals surface area contributed by atoms with E-state index in [0.717, 1.165) is 11.3 Å². The summed E-state index contributed by atoms with van der Waals surface area (Å²) in [7, 11) is 1.61. The maximum atomic E-state index is 13.1. The molecule has 3 aromatic heterocycles. The number of aromatic nitrogens is 3. The molecule has 0 bridgehead atoms. The molecule has 3 heterocycles. The van der Waals surface area contributed by atoms with Gasteiger partial charge in [0.05, 0.1) is 11.8 Å². The second-order valence-electron chi connectivity index (χ2n) is 6.40. The third-order valence-electron chi connectivity index (χ3n) is 4.40. The van der Waals surface area contributed by atoms with Gasteiger partial charge in [-0.2, -0.15) is 0 Å². The van der Waals surface area contributed by atoms with Crippen molar-refractivity contribution in [1.82, 2.24) is 15.0 Å². The molecular formula is C20H22N4O4S. The Morgan fingerprint density at radius 3 is 2.69 bits per heavy atom. The van der Waals surface area contributed by atoms with Crippen molar-refractivity contribution in [3.63, 3.8) is 0 Å². The number of hydrogen-bond acceptors (Lipinski definition) is 8. The third kappa shape index (κ3) is 4.93. The van der Waals surface area contributed by atoms with Gasteiger partial charge in [-0.15, -0.1) is 0 Å². The maximum Gasteiger partial charge on any atom is 0.260 e.